The Balaban J connectivity index is 2.20. The van der Waals surface area contributed by atoms with Crippen LogP contribution in [0.5, 0.6) is 0 Å². The van der Waals surface area contributed by atoms with Gasteiger partial charge in [-0.1, -0.05) is 28.9 Å². The quantitative estimate of drug-likeness (QED) is 0.946. The van der Waals surface area contributed by atoms with E-state index in [9.17, 15) is 5.11 Å². The molecule has 0 aliphatic rings. The Morgan fingerprint density at radius 2 is 2.29 bits per heavy atom. The summed E-state index contributed by atoms with van der Waals surface area (Å²) < 4.78 is 2.37. The second-order valence-corrected chi connectivity index (χ2v) is 4.98. The van der Waals surface area contributed by atoms with Crippen LogP contribution in [-0.4, -0.2) is 20.1 Å². The van der Waals surface area contributed by atoms with Gasteiger partial charge < -0.3 is 5.11 Å². The van der Waals surface area contributed by atoms with Gasteiger partial charge in [-0.15, -0.1) is 5.10 Å². The summed E-state index contributed by atoms with van der Waals surface area (Å²) >= 11 is 9.44. The summed E-state index contributed by atoms with van der Waals surface area (Å²) in [5.41, 5.74) is 1.42. The Morgan fingerprint density at radius 1 is 1.53 bits per heavy atom. The van der Waals surface area contributed by atoms with E-state index in [1.54, 1.807) is 24.0 Å². The van der Waals surface area contributed by atoms with Crippen molar-refractivity contribution >= 4 is 27.5 Å². The summed E-state index contributed by atoms with van der Waals surface area (Å²) in [6.45, 7) is 0. The molecule has 0 amide bonds. The number of aliphatic hydroxyl groups is 1. The average molecular weight is 317 g/mol. The van der Waals surface area contributed by atoms with E-state index >= 15 is 0 Å². The third kappa shape index (κ3) is 2.86. The fourth-order valence-electron chi connectivity index (χ4n) is 1.57. The molecule has 1 heterocycles. The molecule has 1 unspecified atom stereocenters. The molecule has 1 N–H and O–H groups in total. The van der Waals surface area contributed by atoms with E-state index in [-0.39, 0.29) is 0 Å². The molecule has 2 aromatic rings. The van der Waals surface area contributed by atoms with Gasteiger partial charge in [-0.3, -0.25) is 4.68 Å². The highest BCUT2D eigenvalue weighted by atomic mass is 79.9. The Morgan fingerprint density at radius 3 is 2.94 bits per heavy atom. The second kappa shape index (κ2) is 5.16. The maximum Gasteiger partial charge on any atom is 0.0861 e. The summed E-state index contributed by atoms with van der Waals surface area (Å²) in [6.07, 6.45) is 1.48. The number of hydrogen-bond acceptors (Lipinski definition) is 3. The first-order valence-corrected chi connectivity index (χ1v) is 6.22. The van der Waals surface area contributed by atoms with Crippen molar-refractivity contribution in [3.63, 3.8) is 0 Å². The monoisotopic (exact) mass is 315 g/mol. The Kier molecular flexibility index (Phi) is 3.81. The van der Waals surface area contributed by atoms with Crippen LogP contribution in [0.1, 0.15) is 17.4 Å². The molecule has 1 aromatic heterocycles. The zero-order chi connectivity index (χ0) is 12.4. The van der Waals surface area contributed by atoms with Gasteiger partial charge >= 0.3 is 0 Å². The molecule has 0 bridgehead atoms. The third-order valence-corrected chi connectivity index (χ3v) is 3.70. The van der Waals surface area contributed by atoms with Gasteiger partial charge in [0.05, 0.1) is 16.8 Å². The number of benzene rings is 1. The van der Waals surface area contributed by atoms with E-state index in [1.807, 2.05) is 12.1 Å². The van der Waals surface area contributed by atoms with Gasteiger partial charge in [0.15, 0.2) is 0 Å². The van der Waals surface area contributed by atoms with Crippen LogP contribution in [0.2, 0.25) is 5.02 Å². The average Bonchev–Trinajstić information content (AvgIpc) is 2.68. The van der Waals surface area contributed by atoms with Crippen molar-refractivity contribution in [2.75, 3.05) is 0 Å². The Bertz CT molecular complexity index is 529. The van der Waals surface area contributed by atoms with Gasteiger partial charge in [0.1, 0.15) is 0 Å². The number of aromatic nitrogens is 3. The number of nitrogens with zero attached hydrogens (tertiary/aromatic N) is 3. The van der Waals surface area contributed by atoms with Crippen LogP contribution < -0.4 is 0 Å². The minimum Gasteiger partial charge on any atom is -0.388 e. The fraction of sp³-hybridized carbons (Fsp3) is 0.273. The molecule has 0 aliphatic heterocycles. The molecular formula is C11H11BrClN3O. The number of halogens is 2. The van der Waals surface area contributed by atoms with Crippen LogP contribution >= 0.6 is 27.5 Å². The minimum absolute atomic E-state index is 0.393. The SMILES string of the molecule is Cn1cc(CC(O)c2cccc(Br)c2Cl)nn1. The second-order valence-electron chi connectivity index (χ2n) is 3.75. The maximum atomic E-state index is 10.1. The molecule has 90 valence electrons. The lowest BCUT2D eigenvalue weighted by molar-refractivity contribution is 0.177. The number of hydrogen-bond donors (Lipinski definition) is 1. The largest absolute Gasteiger partial charge is 0.388 e. The molecule has 0 fully saturated rings. The van der Waals surface area contributed by atoms with Crippen molar-refractivity contribution in [1.29, 1.82) is 0 Å². The van der Waals surface area contributed by atoms with E-state index in [4.69, 9.17) is 11.6 Å². The lowest BCUT2D eigenvalue weighted by Crippen LogP contribution is -2.03. The number of aryl methyl sites for hydroxylation is 1. The molecule has 1 atom stereocenters. The van der Waals surface area contributed by atoms with Gasteiger partial charge in [-0.25, -0.2) is 0 Å². The summed E-state index contributed by atoms with van der Waals surface area (Å²) in [6, 6.07) is 5.47. The van der Waals surface area contributed by atoms with Crippen molar-refractivity contribution in [2.45, 2.75) is 12.5 Å². The smallest absolute Gasteiger partial charge is 0.0861 e. The minimum atomic E-state index is -0.684. The van der Waals surface area contributed by atoms with E-state index in [1.165, 1.54) is 0 Å². The van der Waals surface area contributed by atoms with Crippen LogP contribution in [-0.2, 0) is 13.5 Å². The van der Waals surface area contributed by atoms with Crippen molar-refractivity contribution < 1.29 is 5.11 Å². The maximum absolute atomic E-state index is 10.1. The molecule has 0 aliphatic carbocycles. The van der Waals surface area contributed by atoms with Gasteiger partial charge in [-0.05, 0) is 22.0 Å². The highest BCUT2D eigenvalue weighted by Gasteiger charge is 2.15. The van der Waals surface area contributed by atoms with Gasteiger partial charge in [-0.2, -0.15) is 0 Å². The van der Waals surface area contributed by atoms with Crippen molar-refractivity contribution in [3.05, 3.63) is 45.1 Å². The molecule has 17 heavy (non-hydrogen) atoms. The molecule has 0 radical (unpaired) electrons. The summed E-state index contributed by atoms with van der Waals surface area (Å²) in [5.74, 6) is 0. The predicted molar refractivity (Wildman–Crippen MR) is 68.8 cm³/mol. The van der Waals surface area contributed by atoms with Crippen molar-refractivity contribution in [2.24, 2.45) is 7.05 Å². The normalized spacial score (nSPS) is 12.7. The number of rotatable bonds is 3. The van der Waals surface area contributed by atoms with Crippen molar-refractivity contribution in [3.8, 4) is 0 Å². The molecule has 0 spiro atoms. The predicted octanol–water partition coefficient (Wildman–Crippen LogP) is 2.51. The molecule has 1 aromatic carbocycles. The van der Waals surface area contributed by atoms with E-state index < -0.39 is 6.10 Å². The van der Waals surface area contributed by atoms with E-state index in [2.05, 4.69) is 26.2 Å². The first-order chi connectivity index (χ1) is 8.08. The van der Waals surface area contributed by atoms with Gasteiger partial charge in [0.2, 0.25) is 0 Å². The first kappa shape index (κ1) is 12.5. The summed E-state index contributed by atoms with van der Waals surface area (Å²) in [5, 5.41) is 18.4. The zero-order valence-corrected chi connectivity index (χ0v) is 11.5. The van der Waals surface area contributed by atoms with Gasteiger partial charge in [0.25, 0.3) is 0 Å². The fourth-order valence-corrected chi connectivity index (χ4v) is 2.21. The third-order valence-electron chi connectivity index (χ3n) is 2.39. The van der Waals surface area contributed by atoms with Crippen molar-refractivity contribution in [1.82, 2.24) is 15.0 Å². The molecule has 0 saturated carbocycles. The highest BCUT2D eigenvalue weighted by molar-refractivity contribution is 9.10. The Labute approximate surface area is 112 Å². The highest BCUT2D eigenvalue weighted by Crippen LogP contribution is 2.31. The summed E-state index contributed by atoms with van der Waals surface area (Å²) in [7, 11) is 1.79. The zero-order valence-electron chi connectivity index (χ0n) is 9.14. The van der Waals surface area contributed by atoms with Crippen LogP contribution in [0.25, 0.3) is 0 Å². The van der Waals surface area contributed by atoms with E-state index in [0.717, 1.165) is 10.2 Å². The lowest BCUT2D eigenvalue weighted by Gasteiger charge is -2.11. The standard InChI is InChI=1S/C11H11BrClN3O/c1-16-6-7(14-15-16)5-10(17)8-3-2-4-9(12)11(8)13/h2-4,6,10,17H,5H2,1H3. The van der Waals surface area contributed by atoms with Crippen LogP contribution in [0.15, 0.2) is 28.9 Å². The molecule has 2 rings (SSSR count). The lowest BCUT2D eigenvalue weighted by atomic mass is 10.1. The first-order valence-electron chi connectivity index (χ1n) is 5.05. The summed E-state index contributed by atoms with van der Waals surface area (Å²) in [4.78, 5) is 0. The molecule has 4 nitrogen and oxygen atoms in total. The van der Waals surface area contributed by atoms with Crippen LogP contribution in [0, 0.1) is 0 Å². The van der Waals surface area contributed by atoms with Gasteiger partial charge in [0, 0.05) is 29.7 Å². The van der Waals surface area contributed by atoms with E-state index in [0.29, 0.717) is 17.0 Å². The molecule has 0 saturated heterocycles. The Hall–Kier alpha value is -0.910. The number of aliphatic hydroxyl groups excluding tert-OH is 1. The van der Waals surface area contributed by atoms with Crippen LogP contribution in [0.4, 0.5) is 0 Å². The topological polar surface area (TPSA) is 50.9 Å². The molecular weight excluding hydrogens is 305 g/mol. The van der Waals surface area contributed by atoms with Crippen LogP contribution in [0.3, 0.4) is 0 Å². The molecule has 6 heteroatoms.